The summed E-state index contributed by atoms with van der Waals surface area (Å²) in [6.45, 7) is 11.2. The highest BCUT2D eigenvalue weighted by Gasteiger charge is 2.18. The van der Waals surface area contributed by atoms with E-state index in [1.165, 1.54) is 51.0 Å². The first-order valence-electron chi connectivity index (χ1n) is 9.67. The third kappa shape index (κ3) is 6.17. The fourth-order valence-electron chi connectivity index (χ4n) is 3.75. The Morgan fingerprint density at radius 2 is 1.71 bits per heavy atom. The van der Waals surface area contributed by atoms with E-state index < -0.39 is 0 Å². The summed E-state index contributed by atoms with van der Waals surface area (Å²) in [5, 5.41) is 3.68. The van der Waals surface area contributed by atoms with E-state index in [1.54, 1.807) is 0 Å². The van der Waals surface area contributed by atoms with Crippen LogP contribution in [0.15, 0.2) is 30.3 Å². The summed E-state index contributed by atoms with van der Waals surface area (Å²) < 4.78 is 5.39. The van der Waals surface area contributed by atoms with Crippen molar-refractivity contribution in [2.45, 2.75) is 25.8 Å². The number of hydrogen-bond donors (Lipinski definition) is 1. The molecule has 24 heavy (non-hydrogen) atoms. The molecule has 2 heterocycles. The predicted octanol–water partition coefficient (Wildman–Crippen LogP) is 2.21. The molecule has 0 aromatic heterocycles. The Balaban J connectivity index is 1.22. The van der Waals surface area contributed by atoms with Crippen molar-refractivity contribution in [2.75, 3.05) is 59.0 Å². The highest BCUT2D eigenvalue weighted by Crippen LogP contribution is 2.18. The number of hydrogen-bond acceptors (Lipinski definition) is 4. The zero-order valence-corrected chi connectivity index (χ0v) is 15.0. The molecular weight excluding hydrogens is 298 g/mol. The Morgan fingerprint density at radius 1 is 0.958 bits per heavy atom. The van der Waals surface area contributed by atoms with Crippen LogP contribution in [0.3, 0.4) is 0 Å². The van der Waals surface area contributed by atoms with Crippen molar-refractivity contribution < 1.29 is 4.74 Å². The fourth-order valence-corrected chi connectivity index (χ4v) is 3.75. The smallest absolute Gasteiger partial charge is 0.0594 e. The summed E-state index contributed by atoms with van der Waals surface area (Å²) in [5.74, 6) is 0.861. The molecule has 0 radical (unpaired) electrons. The van der Waals surface area contributed by atoms with Crippen LogP contribution in [0.4, 0.5) is 0 Å². The van der Waals surface area contributed by atoms with E-state index in [9.17, 15) is 0 Å². The third-order valence-electron chi connectivity index (χ3n) is 5.32. The van der Waals surface area contributed by atoms with E-state index in [0.29, 0.717) is 0 Å². The minimum Gasteiger partial charge on any atom is -0.379 e. The first kappa shape index (κ1) is 17.9. The van der Waals surface area contributed by atoms with Crippen LogP contribution in [-0.2, 0) is 11.3 Å². The third-order valence-corrected chi connectivity index (χ3v) is 5.32. The number of nitrogens with one attached hydrogen (secondary N) is 1. The monoisotopic (exact) mass is 331 g/mol. The Kier molecular flexibility index (Phi) is 7.55. The maximum Gasteiger partial charge on any atom is 0.0594 e. The molecule has 0 bridgehead atoms. The van der Waals surface area contributed by atoms with Gasteiger partial charge in [0.25, 0.3) is 0 Å². The van der Waals surface area contributed by atoms with E-state index in [4.69, 9.17) is 4.74 Å². The second kappa shape index (κ2) is 10.1. The topological polar surface area (TPSA) is 27.7 Å². The minimum absolute atomic E-state index is 0.861. The van der Waals surface area contributed by atoms with Crippen LogP contribution in [0.25, 0.3) is 0 Å². The molecule has 2 fully saturated rings. The lowest BCUT2D eigenvalue weighted by Gasteiger charge is -2.32. The number of likely N-dealkylation sites (tertiary alicyclic amines) is 1. The molecule has 4 heteroatoms. The molecule has 1 aromatic carbocycles. The molecule has 1 N–H and O–H groups in total. The Hall–Kier alpha value is -0.940. The molecular formula is C20H33N3O. The lowest BCUT2D eigenvalue weighted by Crippen LogP contribution is -2.39. The van der Waals surface area contributed by atoms with Gasteiger partial charge in [-0.25, -0.2) is 0 Å². The maximum atomic E-state index is 5.39. The van der Waals surface area contributed by atoms with Gasteiger partial charge in [-0.2, -0.15) is 0 Å². The molecule has 4 nitrogen and oxygen atoms in total. The van der Waals surface area contributed by atoms with E-state index in [-0.39, 0.29) is 0 Å². The van der Waals surface area contributed by atoms with Crippen LogP contribution in [0.5, 0.6) is 0 Å². The average molecular weight is 332 g/mol. The van der Waals surface area contributed by atoms with Crippen molar-refractivity contribution >= 4 is 0 Å². The molecule has 2 saturated heterocycles. The Labute approximate surface area is 147 Å². The second-order valence-corrected chi connectivity index (χ2v) is 7.22. The van der Waals surface area contributed by atoms with Crippen molar-refractivity contribution in [1.29, 1.82) is 0 Å². The molecule has 0 aliphatic carbocycles. The largest absolute Gasteiger partial charge is 0.379 e. The summed E-state index contributed by atoms with van der Waals surface area (Å²) in [7, 11) is 0. The molecule has 134 valence electrons. The molecule has 0 amide bonds. The van der Waals surface area contributed by atoms with Gasteiger partial charge in [0.05, 0.1) is 13.2 Å². The van der Waals surface area contributed by atoms with E-state index in [2.05, 4.69) is 45.4 Å². The van der Waals surface area contributed by atoms with Crippen molar-refractivity contribution in [3.63, 3.8) is 0 Å². The number of morpholine rings is 1. The van der Waals surface area contributed by atoms with Gasteiger partial charge in [0.2, 0.25) is 0 Å². The molecule has 0 spiro atoms. The van der Waals surface area contributed by atoms with Crippen LogP contribution in [0.2, 0.25) is 0 Å². The number of benzene rings is 1. The molecule has 0 atom stereocenters. The summed E-state index contributed by atoms with van der Waals surface area (Å²) in [5.41, 5.74) is 1.44. The van der Waals surface area contributed by atoms with Crippen LogP contribution in [0, 0.1) is 5.92 Å². The van der Waals surface area contributed by atoms with Crippen LogP contribution in [-0.4, -0.2) is 68.8 Å². The molecule has 2 aliphatic heterocycles. The number of piperidine rings is 1. The SMILES string of the molecule is c1ccc(CN2CCC(CNCCCN3CCOCC3)CC2)cc1. The molecule has 2 aliphatic rings. The van der Waals surface area contributed by atoms with Crippen molar-refractivity contribution in [1.82, 2.24) is 15.1 Å². The van der Waals surface area contributed by atoms with Gasteiger partial charge in [-0.3, -0.25) is 9.80 Å². The van der Waals surface area contributed by atoms with Crippen LogP contribution in [0.1, 0.15) is 24.8 Å². The average Bonchev–Trinajstić information content (AvgIpc) is 2.65. The van der Waals surface area contributed by atoms with Crippen molar-refractivity contribution in [2.24, 2.45) is 5.92 Å². The zero-order chi connectivity index (χ0) is 16.5. The van der Waals surface area contributed by atoms with Gasteiger partial charge in [0.15, 0.2) is 0 Å². The number of ether oxygens (including phenoxy) is 1. The van der Waals surface area contributed by atoms with Crippen molar-refractivity contribution in [3.05, 3.63) is 35.9 Å². The summed E-state index contributed by atoms with van der Waals surface area (Å²) in [4.78, 5) is 5.12. The number of rotatable bonds is 8. The van der Waals surface area contributed by atoms with Gasteiger partial charge in [-0.15, -0.1) is 0 Å². The van der Waals surface area contributed by atoms with E-state index >= 15 is 0 Å². The Morgan fingerprint density at radius 3 is 2.46 bits per heavy atom. The lowest BCUT2D eigenvalue weighted by atomic mass is 9.96. The molecule has 3 rings (SSSR count). The standard InChI is InChI=1S/C20H33N3O/c1-2-5-20(6-3-1)18-23-11-7-19(8-12-23)17-21-9-4-10-22-13-15-24-16-14-22/h1-3,5-6,19,21H,4,7-18H2. The maximum absolute atomic E-state index is 5.39. The van der Waals surface area contributed by atoms with Gasteiger partial charge in [0, 0.05) is 19.6 Å². The van der Waals surface area contributed by atoms with Crippen LogP contribution < -0.4 is 5.32 Å². The van der Waals surface area contributed by atoms with E-state index in [1.807, 2.05) is 0 Å². The van der Waals surface area contributed by atoms with Gasteiger partial charge >= 0.3 is 0 Å². The van der Waals surface area contributed by atoms with Gasteiger partial charge in [-0.05, 0) is 63.5 Å². The van der Waals surface area contributed by atoms with E-state index in [0.717, 1.165) is 45.3 Å². The quantitative estimate of drug-likeness (QED) is 0.739. The van der Waals surface area contributed by atoms with Gasteiger partial charge in [0.1, 0.15) is 0 Å². The number of nitrogens with zero attached hydrogens (tertiary/aromatic N) is 2. The summed E-state index contributed by atoms with van der Waals surface area (Å²) in [6, 6.07) is 10.9. The van der Waals surface area contributed by atoms with Gasteiger partial charge in [-0.1, -0.05) is 30.3 Å². The zero-order valence-electron chi connectivity index (χ0n) is 15.0. The lowest BCUT2D eigenvalue weighted by molar-refractivity contribution is 0.0374. The fraction of sp³-hybridized carbons (Fsp3) is 0.700. The Bertz CT molecular complexity index is 439. The van der Waals surface area contributed by atoms with Crippen LogP contribution >= 0.6 is 0 Å². The second-order valence-electron chi connectivity index (χ2n) is 7.22. The molecule has 0 unspecified atom stereocenters. The highest BCUT2D eigenvalue weighted by atomic mass is 16.5. The minimum atomic E-state index is 0.861. The van der Waals surface area contributed by atoms with Crippen molar-refractivity contribution in [3.8, 4) is 0 Å². The molecule has 0 saturated carbocycles. The first-order chi connectivity index (χ1) is 11.9. The van der Waals surface area contributed by atoms with Gasteiger partial charge < -0.3 is 10.1 Å². The summed E-state index contributed by atoms with van der Waals surface area (Å²) in [6.07, 6.45) is 3.93. The highest BCUT2D eigenvalue weighted by molar-refractivity contribution is 5.14. The predicted molar refractivity (Wildman–Crippen MR) is 99.2 cm³/mol. The first-order valence-corrected chi connectivity index (χ1v) is 9.67. The molecule has 1 aromatic rings. The summed E-state index contributed by atoms with van der Waals surface area (Å²) >= 11 is 0. The normalized spacial score (nSPS) is 21.2.